The highest BCUT2D eigenvalue weighted by atomic mass is 35.5. The molecule has 0 saturated carbocycles. The second-order valence-corrected chi connectivity index (χ2v) is 6.00. The minimum absolute atomic E-state index is 0.0444. The van der Waals surface area contributed by atoms with Gasteiger partial charge in [-0.2, -0.15) is 0 Å². The molecule has 0 bridgehead atoms. The molecule has 2 rings (SSSR count). The molecule has 1 aromatic carbocycles. The predicted molar refractivity (Wildman–Crippen MR) is 78.5 cm³/mol. The van der Waals surface area contributed by atoms with Gasteiger partial charge in [-0.15, -0.1) is 5.10 Å². The number of rotatable bonds is 3. The van der Waals surface area contributed by atoms with Crippen molar-refractivity contribution in [2.45, 2.75) is 39.8 Å². The maximum absolute atomic E-state index is 6.09. The molecule has 1 heterocycles. The van der Waals surface area contributed by atoms with Gasteiger partial charge >= 0.3 is 0 Å². The third-order valence-electron chi connectivity index (χ3n) is 2.96. The zero-order valence-electron chi connectivity index (χ0n) is 11.7. The molecule has 0 spiro atoms. The molecule has 0 aliphatic carbocycles. The van der Waals surface area contributed by atoms with Crippen LogP contribution in [0.15, 0.2) is 24.4 Å². The Balaban J connectivity index is 2.07. The minimum atomic E-state index is -0.0444. The lowest BCUT2D eigenvalue weighted by molar-refractivity contribution is 0.347. The lowest BCUT2D eigenvalue weighted by Crippen LogP contribution is -2.22. The van der Waals surface area contributed by atoms with E-state index in [0.717, 1.165) is 22.0 Å². The highest BCUT2D eigenvalue weighted by molar-refractivity contribution is 6.31. The van der Waals surface area contributed by atoms with Gasteiger partial charge in [-0.1, -0.05) is 22.9 Å². The number of nitrogens with one attached hydrogen (secondary N) is 1. The first-order valence-corrected chi connectivity index (χ1v) is 6.66. The van der Waals surface area contributed by atoms with Crippen molar-refractivity contribution in [2.75, 3.05) is 5.32 Å². The number of nitrogens with zero attached hydrogens (tertiary/aromatic N) is 3. The third kappa shape index (κ3) is 3.26. The molecule has 2 aromatic rings. The lowest BCUT2D eigenvalue weighted by atomic mass is 10.1. The van der Waals surface area contributed by atoms with E-state index < -0.39 is 0 Å². The molecular weight excluding hydrogens is 260 g/mol. The Labute approximate surface area is 118 Å². The zero-order chi connectivity index (χ0) is 14.0. The van der Waals surface area contributed by atoms with Gasteiger partial charge in [0.05, 0.1) is 18.3 Å². The molecule has 0 unspecified atom stereocenters. The van der Waals surface area contributed by atoms with Crippen LogP contribution in [0.3, 0.4) is 0 Å². The Hall–Kier alpha value is -1.55. The first kappa shape index (κ1) is 13.9. The van der Waals surface area contributed by atoms with Crippen LogP contribution in [-0.4, -0.2) is 15.0 Å². The highest BCUT2D eigenvalue weighted by Gasteiger charge is 2.14. The number of halogens is 1. The highest BCUT2D eigenvalue weighted by Crippen LogP contribution is 2.23. The summed E-state index contributed by atoms with van der Waals surface area (Å²) in [4.78, 5) is 0. The molecule has 0 aliphatic heterocycles. The first-order chi connectivity index (χ1) is 8.88. The van der Waals surface area contributed by atoms with Gasteiger partial charge in [0, 0.05) is 10.7 Å². The van der Waals surface area contributed by atoms with Crippen LogP contribution in [0.25, 0.3) is 0 Å². The van der Waals surface area contributed by atoms with Gasteiger partial charge in [0.15, 0.2) is 0 Å². The fourth-order valence-corrected chi connectivity index (χ4v) is 1.87. The van der Waals surface area contributed by atoms with Gasteiger partial charge in [0.1, 0.15) is 5.69 Å². The molecule has 1 N–H and O–H groups in total. The van der Waals surface area contributed by atoms with Gasteiger partial charge < -0.3 is 5.32 Å². The molecule has 5 heteroatoms. The quantitative estimate of drug-likeness (QED) is 0.933. The van der Waals surface area contributed by atoms with Gasteiger partial charge in [-0.3, -0.25) is 0 Å². The molecule has 4 nitrogen and oxygen atoms in total. The van der Waals surface area contributed by atoms with Crippen molar-refractivity contribution >= 4 is 17.3 Å². The molecule has 0 aliphatic rings. The molecule has 102 valence electrons. The molecule has 0 fully saturated rings. The third-order valence-corrected chi connectivity index (χ3v) is 3.37. The van der Waals surface area contributed by atoms with E-state index in [2.05, 4.69) is 36.4 Å². The molecule has 0 atom stereocenters. The molecule has 19 heavy (non-hydrogen) atoms. The average Bonchev–Trinajstić information content (AvgIpc) is 2.79. The summed E-state index contributed by atoms with van der Waals surface area (Å²) in [6.07, 6.45) is 1.97. The van der Waals surface area contributed by atoms with E-state index in [0.29, 0.717) is 6.54 Å². The van der Waals surface area contributed by atoms with E-state index >= 15 is 0 Å². The summed E-state index contributed by atoms with van der Waals surface area (Å²) in [7, 11) is 0. The van der Waals surface area contributed by atoms with Gasteiger partial charge in [0.2, 0.25) is 0 Å². The number of hydrogen-bond acceptors (Lipinski definition) is 3. The average molecular weight is 279 g/mol. The summed E-state index contributed by atoms with van der Waals surface area (Å²) in [5, 5.41) is 12.4. The number of benzene rings is 1. The normalized spacial score (nSPS) is 11.6. The van der Waals surface area contributed by atoms with Crippen LogP contribution in [0, 0.1) is 6.92 Å². The van der Waals surface area contributed by atoms with Gasteiger partial charge in [-0.25, -0.2) is 4.68 Å². The van der Waals surface area contributed by atoms with Crippen molar-refractivity contribution in [1.82, 2.24) is 15.0 Å². The SMILES string of the molecule is Cc1c(Cl)cccc1NCc1cn(C(C)(C)C)nn1. The second kappa shape index (κ2) is 5.21. The van der Waals surface area contributed by atoms with Crippen LogP contribution in [0.2, 0.25) is 5.02 Å². The van der Waals surface area contributed by atoms with Crippen molar-refractivity contribution < 1.29 is 0 Å². The summed E-state index contributed by atoms with van der Waals surface area (Å²) in [6, 6.07) is 5.83. The maximum atomic E-state index is 6.09. The van der Waals surface area contributed by atoms with Crippen LogP contribution < -0.4 is 5.32 Å². The largest absolute Gasteiger partial charge is 0.379 e. The van der Waals surface area contributed by atoms with E-state index in [-0.39, 0.29) is 5.54 Å². The van der Waals surface area contributed by atoms with Gasteiger partial charge in [0.25, 0.3) is 0 Å². The van der Waals surface area contributed by atoms with Gasteiger partial charge in [-0.05, 0) is 45.4 Å². The van der Waals surface area contributed by atoms with E-state index in [4.69, 9.17) is 11.6 Å². The van der Waals surface area contributed by atoms with Crippen molar-refractivity contribution in [1.29, 1.82) is 0 Å². The summed E-state index contributed by atoms with van der Waals surface area (Å²) >= 11 is 6.09. The second-order valence-electron chi connectivity index (χ2n) is 5.59. The van der Waals surface area contributed by atoms with Crippen molar-refractivity contribution in [3.8, 4) is 0 Å². The van der Waals surface area contributed by atoms with E-state index in [1.54, 1.807) is 0 Å². The van der Waals surface area contributed by atoms with Crippen LogP contribution in [0.1, 0.15) is 32.0 Å². The van der Waals surface area contributed by atoms with Crippen LogP contribution in [-0.2, 0) is 12.1 Å². The molecule has 0 saturated heterocycles. The molecule has 0 radical (unpaired) electrons. The minimum Gasteiger partial charge on any atom is -0.379 e. The fourth-order valence-electron chi connectivity index (χ4n) is 1.69. The van der Waals surface area contributed by atoms with Crippen molar-refractivity contribution in [3.63, 3.8) is 0 Å². The number of anilines is 1. The monoisotopic (exact) mass is 278 g/mol. The molecule has 1 aromatic heterocycles. The van der Waals surface area contributed by atoms with Crippen LogP contribution in [0.4, 0.5) is 5.69 Å². The van der Waals surface area contributed by atoms with Crippen LogP contribution in [0.5, 0.6) is 0 Å². The Morgan fingerprint density at radius 3 is 2.68 bits per heavy atom. The van der Waals surface area contributed by atoms with Crippen molar-refractivity contribution in [2.24, 2.45) is 0 Å². The summed E-state index contributed by atoms with van der Waals surface area (Å²) in [5.74, 6) is 0. The molecular formula is C14H19ClN4. The standard InChI is InChI=1S/C14H19ClN4/c1-10-12(15)6-5-7-13(10)16-8-11-9-19(18-17-11)14(2,3)4/h5-7,9,16H,8H2,1-4H3. The first-order valence-electron chi connectivity index (χ1n) is 6.28. The van der Waals surface area contributed by atoms with Crippen molar-refractivity contribution in [3.05, 3.63) is 40.7 Å². The summed E-state index contributed by atoms with van der Waals surface area (Å²) in [5.41, 5.74) is 2.94. The van der Waals surface area contributed by atoms with E-state index in [1.165, 1.54) is 0 Å². The smallest absolute Gasteiger partial charge is 0.102 e. The predicted octanol–water partition coefficient (Wildman–Crippen LogP) is 3.61. The summed E-state index contributed by atoms with van der Waals surface area (Å²) in [6.45, 7) is 8.92. The number of hydrogen-bond donors (Lipinski definition) is 1. The van der Waals surface area contributed by atoms with Crippen LogP contribution >= 0.6 is 11.6 Å². The Bertz CT molecular complexity index is 569. The lowest BCUT2D eigenvalue weighted by Gasteiger charge is -2.17. The Morgan fingerprint density at radius 1 is 1.32 bits per heavy atom. The van der Waals surface area contributed by atoms with E-state index in [9.17, 15) is 0 Å². The molecule has 0 amide bonds. The van der Waals surface area contributed by atoms with E-state index in [1.807, 2.05) is 36.0 Å². The number of aromatic nitrogens is 3. The fraction of sp³-hybridized carbons (Fsp3) is 0.429. The Morgan fingerprint density at radius 2 is 2.05 bits per heavy atom. The Kier molecular flexibility index (Phi) is 3.80. The zero-order valence-corrected chi connectivity index (χ0v) is 12.5. The maximum Gasteiger partial charge on any atom is 0.102 e. The summed E-state index contributed by atoms with van der Waals surface area (Å²) < 4.78 is 1.87. The topological polar surface area (TPSA) is 42.7 Å².